The van der Waals surface area contributed by atoms with Crippen molar-refractivity contribution in [1.29, 1.82) is 0 Å². The Balaban J connectivity index is 2.37. The fourth-order valence-corrected chi connectivity index (χ4v) is 2.48. The van der Waals surface area contributed by atoms with Crippen LogP contribution >= 0.6 is 0 Å². The molecule has 0 bridgehead atoms. The van der Waals surface area contributed by atoms with Crippen LogP contribution in [-0.4, -0.2) is 48.9 Å². The van der Waals surface area contributed by atoms with Gasteiger partial charge in [0, 0.05) is 20.1 Å². The summed E-state index contributed by atoms with van der Waals surface area (Å²) < 4.78 is 0. The van der Waals surface area contributed by atoms with Crippen LogP contribution in [0.4, 0.5) is 0 Å². The van der Waals surface area contributed by atoms with Crippen molar-refractivity contribution in [2.24, 2.45) is 0 Å². The minimum atomic E-state index is -0.346. The fraction of sp³-hybridized carbons (Fsp3) is 0.857. The lowest BCUT2D eigenvalue weighted by Gasteiger charge is -2.26. The molecule has 2 atom stereocenters. The molecule has 1 aliphatic rings. The Hall–Kier alpha value is -1.10. The van der Waals surface area contributed by atoms with E-state index in [0.29, 0.717) is 6.04 Å². The summed E-state index contributed by atoms with van der Waals surface area (Å²) in [5.74, 6) is -0.0253. The minimum Gasteiger partial charge on any atom is -0.352 e. The van der Waals surface area contributed by atoms with Crippen molar-refractivity contribution in [1.82, 2.24) is 15.5 Å². The van der Waals surface area contributed by atoms with Crippen LogP contribution in [0.25, 0.3) is 0 Å². The molecule has 0 aromatic heterocycles. The summed E-state index contributed by atoms with van der Waals surface area (Å²) in [5, 5.41) is 6.11. The second kappa shape index (κ2) is 7.48. The van der Waals surface area contributed by atoms with Crippen molar-refractivity contribution in [2.75, 3.05) is 14.1 Å². The normalized spacial score (nSPS) is 19.6. The molecule has 0 aromatic carbocycles. The van der Waals surface area contributed by atoms with Gasteiger partial charge in [0.1, 0.15) is 0 Å². The summed E-state index contributed by atoms with van der Waals surface area (Å²) in [7, 11) is 3.43. The maximum absolute atomic E-state index is 12.0. The number of rotatable bonds is 5. The third-order valence-corrected chi connectivity index (χ3v) is 3.66. The Bertz CT molecular complexity index is 312. The van der Waals surface area contributed by atoms with Crippen molar-refractivity contribution < 1.29 is 9.59 Å². The molecule has 1 rings (SSSR count). The highest BCUT2D eigenvalue weighted by molar-refractivity contribution is 5.84. The molecule has 0 heterocycles. The molecule has 110 valence electrons. The molecule has 1 fully saturated rings. The Labute approximate surface area is 116 Å². The highest BCUT2D eigenvalue weighted by Crippen LogP contribution is 2.17. The lowest BCUT2D eigenvalue weighted by molar-refractivity contribution is -0.131. The van der Waals surface area contributed by atoms with Crippen LogP contribution in [-0.2, 0) is 9.59 Å². The van der Waals surface area contributed by atoms with Crippen LogP contribution in [0.5, 0.6) is 0 Å². The Kier molecular flexibility index (Phi) is 6.28. The van der Waals surface area contributed by atoms with Crippen LogP contribution in [0.1, 0.15) is 46.0 Å². The summed E-state index contributed by atoms with van der Waals surface area (Å²) in [6.45, 7) is 3.59. The molecular weight excluding hydrogens is 242 g/mol. The van der Waals surface area contributed by atoms with Gasteiger partial charge in [-0.05, 0) is 26.7 Å². The second-order valence-electron chi connectivity index (χ2n) is 5.69. The van der Waals surface area contributed by atoms with Crippen molar-refractivity contribution in [3.8, 4) is 0 Å². The quantitative estimate of drug-likeness (QED) is 0.779. The molecule has 0 spiro atoms. The van der Waals surface area contributed by atoms with Gasteiger partial charge in [-0.3, -0.25) is 14.9 Å². The average molecular weight is 269 g/mol. The van der Waals surface area contributed by atoms with E-state index in [9.17, 15) is 9.59 Å². The molecule has 1 aliphatic carbocycles. The van der Waals surface area contributed by atoms with Crippen LogP contribution < -0.4 is 10.6 Å². The van der Waals surface area contributed by atoms with E-state index in [0.717, 1.165) is 12.8 Å². The molecular formula is C14H27N3O2. The zero-order valence-electron chi connectivity index (χ0n) is 12.5. The Morgan fingerprint density at radius 2 is 1.63 bits per heavy atom. The van der Waals surface area contributed by atoms with Crippen molar-refractivity contribution in [2.45, 2.75) is 64.1 Å². The molecule has 1 saturated carbocycles. The minimum absolute atomic E-state index is 0.00898. The van der Waals surface area contributed by atoms with E-state index >= 15 is 0 Å². The van der Waals surface area contributed by atoms with Gasteiger partial charge in [-0.1, -0.05) is 19.3 Å². The number of likely N-dealkylation sites (N-methyl/N-ethyl adjacent to an activating group) is 1. The van der Waals surface area contributed by atoms with E-state index in [2.05, 4.69) is 10.6 Å². The highest BCUT2D eigenvalue weighted by atomic mass is 16.2. The molecule has 0 saturated heterocycles. The van der Waals surface area contributed by atoms with E-state index in [1.807, 2.05) is 0 Å². The number of carbonyl (C=O) groups is 2. The lowest BCUT2D eigenvalue weighted by Crippen LogP contribution is -2.52. The molecule has 2 N–H and O–H groups in total. The summed E-state index contributed by atoms with van der Waals surface area (Å²) >= 11 is 0. The molecule has 5 heteroatoms. The standard InChI is InChI=1S/C14H27N3O2/c1-10(15-11(2)14(19)17(3)4)13(18)16-12-8-6-5-7-9-12/h10-12,15H,5-9H2,1-4H3,(H,16,18). The first-order chi connectivity index (χ1) is 8.91. The Morgan fingerprint density at radius 1 is 1.05 bits per heavy atom. The number of amides is 2. The first-order valence-electron chi connectivity index (χ1n) is 7.19. The van der Waals surface area contributed by atoms with E-state index in [1.54, 1.807) is 27.9 Å². The van der Waals surface area contributed by atoms with Gasteiger partial charge in [0.15, 0.2) is 0 Å². The van der Waals surface area contributed by atoms with E-state index in [1.165, 1.54) is 24.2 Å². The third kappa shape index (κ3) is 5.19. The Morgan fingerprint density at radius 3 is 2.16 bits per heavy atom. The van der Waals surface area contributed by atoms with Crippen LogP contribution in [0.15, 0.2) is 0 Å². The van der Waals surface area contributed by atoms with E-state index in [-0.39, 0.29) is 23.9 Å². The van der Waals surface area contributed by atoms with Gasteiger partial charge in [0.05, 0.1) is 12.1 Å². The SMILES string of the molecule is CC(NC(C)C(=O)N(C)C)C(=O)NC1CCCCC1. The highest BCUT2D eigenvalue weighted by Gasteiger charge is 2.23. The zero-order chi connectivity index (χ0) is 14.4. The predicted octanol–water partition coefficient (Wildman–Crippen LogP) is 0.890. The van der Waals surface area contributed by atoms with Gasteiger partial charge >= 0.3 is 0 Å². The molecule has 2 amide bonds. The maximum Gasteiger partial charge on any atom is 0.238 e. The molecule has 2 unspecified atom stereocenters. The van der Waals surface area contributed by atoms with Crippen LogP contribution in [0.3, 0.4) is 0 Å². The molecule has 0 radical (unpaired) electrons. The first kappa shape index (κ1) is 16.0. The van der Waals surface area contributed by atoms with E-state index < -0.39 is 0 Å². The van der Waals surface area contributed by atoms with Gasteiger partial charge in [-0.25, -0.2) is 0 Å². The summed E-state index contributed by atoms with van der Waals surface area (Å²) in [6, 6.07) is -0.381. The molecule has 0 aromatic rings. The van der Waals surface area contributed by atoms with Crippen LogP contribution in [0, 0.1) is 0 Å². The number of nitrogens with zero attached hydrogens (tertiary/aromatic N) is 1. The van der Waals surface area contributed by atoms with Crippen molar-refractivity contribution >= 4 is 11.8 Å². The van der Waals surface area contributed by atoms with Gasteiger partial charge in [0.25, 0.3) is 0 Å². The van der Waals surface area contributed by atoms with E-state index in [4.69, 9.17) is 0 Å². The first-order valence-corrected chi connectivity index (χ1v) is 7.19. The average Bonchev–Trinajstić information content (AvgIpc) is 2.38. The topological polar surface area (TPSA) is 61.4 Å². The van der Waals surface area contributed by atoms with Crippen molar-refractivity contribution in [3.63, 3.8) is 0 Å². The zero-order valence-corrected chi connectivity index (χ0v) is 12.5. The number of nitrogens with one attached hydrogen (secondary N) is 2. The van der Waals surface area contributed by atoms with Crippen LogP contribution in [0.2, 0.25) is 0 Å². The second-order valence-corrected chi connectivity index (χ2v) is 5.69. The molecule has 19 heavy (non-hydrogen) atoms. The third-order valence-electron chi connectivity index (χ3n) is 3.66. The summed E-state index contributed by atoms with van der Waals surface area (Å²) in [4.78, 5) is 25.3. The fourth-order valence-electron chi connectivity index (χ4n) is 2.48. The maximum atomic E-state index is 12.0. The van der Waals surface area contributed by atoms with Gasteiger partial charge < -0.3 is 10.2 Å². The number of carbonyl (C=O) groups excluding carboxylic acids is 2. The molecule has 0 aliphatic heterocycles. The summed E-state index contributed by atoms with van der Waals surface area (Å²) in [6.07, 6.45) is 5.81. The smallest absolute Gasteiger partial charge is 0.238 e. The monoisotopic (exact) mass is 269 g/mol. The lowest BCUT2D eigenvalue weighted by atomic mass is 9.95. The molecule has 5 nitrogen and oxygen atoms in total. The van der Waals surface area contributed by atoms with Gasteiger partial charge in [-0.2, -0.15) is 0 Å². The van der Waals surface area contributed by atoms with Crippen molar-refractivity contribution in [3.05, 3.63) is 0 Å². The van der Waals surface area contributed by atoms with Gasteiger partial charge in [0.2, 0.25) is 11.8 Å². The predicted molar refractivity (Wildman–Crippen MR) is 75.8 cm³/mol. The largest absolute Gasteiger partial charge is 0.352 e. The number of hydrogen-bond acceptors (Lipinski definition) is 3. The number of hydrogen-bond donors (Lipinski definition) is 2. The summed E-state index contributed by atoms with van der Waals surface area (Å²) in [5.41, 5.74) is 0. The van der Waals surface area contributed by atoms with Gasteiger partial charge in [-0.15, -0.1) is 0 Å².